The summed E-state index contributed by atoms with van der Waals surface area (Å²) in [6.45, 7) is 10.8. The molecule has 126 valence electrons. The Labute approximate surface area is 142 Å². The predicted molar refractivity (Wildman–Crippen MR) is 105 cm³/mol. The maximum absolute atomic E-state index is 2.39. The Bertz CT molecular complexity index is 560. The van der Waals surface area contributed by atoms with E-state index in [1.54, 1.807) is 5.69 Å². The van der Waals surface area contributed by atoms with Gasteiger partial charge in [-0.05, 0) is 36.8 Å². The zero-order chi connectivity index (χ0) is 16.5. The highest BCUT2D eigenvalue weighted by Gasteiger charge is 2.30. The maximum Gasteiger partial charge on any atom is 0.140 e. The van der Waals surface area contributed by atoms with Crippen molar-refractivity contribution < 1.29 is 0 Å². The summed E-state index contributed by atoms with van der Waals surface area (Å²) in [5.41, 5.74) is 1.55. The van der Waals surface area contributed by atoms with Crippen molar-refractivity contribution in [1.82, 2.24) is 4.48 Å². The molecule has 0 saturated carbocycles. The minimum absolute atomic E-state index is 1.18. The molecule has 0 amide bonds. The first kappa shape index (κ1) is 18.0. The molecule has 0 N–H and O–H groups in total. The van der Waals surface area contributed by atoms with Gasteiger partial charge >= 0.3 is 0 Å². The van der Waals surface area contributed by atoms with E-state index in [0.717, 1.165) is 0 Å². The molecular weight excluding hydrogens is 278 g/mol. The van der Waals surface area contributed by atoms with E-state index in [0.29, 0.717) is 0 Å². The van der Waals surface area contributed by atoms with Crippen LogP contribution in [0.5, 0.6) is 0 Å². The van der Waals surface area contributed by atoms with Crippen LogP contribution in [0.15, 0.2) is 42.5 Å². The van der Waals surface area contributed by atoms with Crippen molar-refractivity contribution >= 4 is 16.5 Å². The lowest BCUT2D eigenvalue weighted by atomic mass is 10.0. The third-order valence-corrected chi connectivity index (χ3v) is 5.10. The van der Waals surface area contributed by atoms with Gasteiger partial charge < -0.3 is 0 Å². The first-order valence-corrected chi connectivity index (χ1v) is 9.61. The summed E-state index contributed by atoms with van der Waals surface area (Å²) in [6, 6.07) is 15.8. The summed E-state index contributed by atoms with van der Waals surface area (Å²) in [7, 11) is 0. The minimum Gasteiger partial charge on any atom is -0.291 e. The van der Waals surface area contributed by atoms with Crippen LogP contribution >= 0.6 is 0 Å². The summed E-state index contributed by atoms with van der Waals surface area (Å²) in [5.74, 6) is 0. The number of quaternary nitrogens is 1. The molecule has 0 aromatic heterocycles. The lowest BCUT2D eigenvalue weighted by molar-refractivity contribution is 0.261. The van der Waals surface area contributed by atoms with Crippen LogP contribution in [-0.4, -0.2) is 19.6 Å². The van der Waals surface area contributed by atoms with E-state index in [1.807, 2.05) is 0 Å². The maximum atomic E-state index is 2.39. The normalized spacial score (nSPS) is 12.0. The van der Waals surface area contributed by atoms with Crippen LogP contribution in [0.25, 0.3) is 10.8 Å². The van der Waals surface area contributed by atoms with Crippen molar-refractivity contribution in [1.29, 1.82) is 0 Å². The molecule has 2 aromatic rings. The number of unbranched alkanes of at least 4 members (excludes halogenated alkanes) is 3. The van der Waals surface area contributed by atoms with Crippen molar-refractivity contribution in [3.05, 3.63) is 42.5 Å². The smallest absolute Gasteiger partial charge is 0.140 e. The van der Waals surface area contributed by atoms with Crippen molar-refractivity contribution in [2.45, 2.75) is 59.3 Å². The fraction of sp³-hybridized carbons (Fsp3) is 0.545. The van der Waals surface area contributed by atoms with Crippen LogP contribution in [0.2, 0.25) is 0 Å². The topological polar surface area (TPSA) is 0 Å². The molecule has 1 heteroatoms. The molecule has 0 fully saturated rings. The van der Waals surface area contributed by atoms with E-state index in [-0.39, 0.29) is 0 Å². The van der Waals surface area contributed by atoms with E-state index in [1.165, 1.54) is 73.4 Å². The summed E-state index contributed by atoms with van der Waals surface area (Å²) in [6.07, 6.45) is 7.79. The van der Waals surface area contributed by atoms with E-state index in [2.05, 4.69) is 63.2 Å². The third kappa shape index (κ3) is 4.35. The number of hydrogen-bond donors (Lipinski definition) is 0. The molecule has 0 unspecified atom stereocenters. The van der Waals surface area contributed by atoms with E-state index < -0.39 is 0 Å². The van der Waals surface area contributed by atoms with Gasteiger partial charge in [-0.3, -0.25) is 4.48 Å². The number of benzene rings is 2. The fourth-order valence-corrected chi connectivity index (χ4v) is 3.70. The molecular formula is C22H34N+. The number of fused-ring (bicyclic) bond motifs is 1. The van der Waals surface area contributed by atoms with Crippen molar-refractivity contribution in [3.8, 4) is 0 Å². The molecule has 0 radical (unpaired) electrons. The number of nitrogens with zero attached hydrogens (tertiary/aromatic N) is 1. The minimum atomic E-state index is 1.18. The van der Waals surface area contributed by atoms with Gasteiger partial charge in [-0.2, -0.15) is 0 Å². The van der Waals surface area contributed by atoms with E-state index in [4.69, 9.17) is 0 Å². The molecule has 0 atom stereocenters. The Morgan fingerprint density at radius 1 is 0.652 bits per heavy atom. The van der Waals surface area contributed by atoms with Gasteiger partial charge in [0.2, 0.25) is 0 Å². The van der Waals surface area contributed by atoms with Gasteiger partial charge in [-0.15, -0.1) is 0 Å². The zero-order valence-electron chi connectivity index (χ0n) is 15.4. The second-order valence-corrected chi connectivity index (χ2v) is 6.87. The Balaban J connectivity index is 2.51. The Morgan fingerprint density at radius 2 is 1.17 bits per heavy atom. The lowest BCUT2D eigenvalue weighted by Crippen LogP contribution is -2.51. The molecule has 0 aliphatic heterocycles. The van der Waals surface area contributed by atoms with Gasteiger partial charge in [0.15, 0.2) is 0 Å². The standard InChI is InChI=1S/C22H34N/c1-4-7-17-23(18-8-5-2,19-9-6-3)22-16-12-14-20-13-10-11-15-21(20)22/h10-16H,4-9,17-19H2,1-3H3/q+1. The van der Waals surface area contributed by atoms with Crippen LogP contribution in [0.4, 0.5) is 5.69 Å². The molecule has 2 rings (SSSR count). The Kier molecular flexibility index (Phi) is 7.11. The highest BCUT2D eigenvalue weighted by atomic mass is 15.4. The largest absolute Gasteiger partial charge is 0.291 e. The molecule has 23 heavy (non-hydrogen) atoms. The highest BCUT2D eigenvalue weighted by Crippen LogP contribution is 2.33. The highest BCUT2D eigenvalue weighted by molar-refractivity contribution is 5.93. The summed E-state index contributed by atoms with van der Waals surface area (Å²) in [5, 5.41) is 2.84. The van der Waals surface area contributed by atoms with Crippen molar-refractivity contribution in [3.63, 3.8) is 0 Å². The summed E-state index contributed by atoms with van der Waals surface area (Å²) < 4.78 is 1.18. The molecule has 0 aliphatic carbocycles. The second kappa shape index (κ2) is 9.08. The van der Waals surface area contributed by atoms with E-state index >= 15 is 0 Å². The van der Waals surface area contributed by atoms with Crippen LogP contribution in [-0.2, 0) is 0 Å². The SMILES string of the molecule is CCCC[N+](CCCC)(CCCC)c1cccc2ccccc12. The fourth-order valence-electron chi connectivity index (χ4n) is 3.70. The zero-order valence-corrected chi connectivity index (χ0v) is 15.4. The van der Waals surface area contributed by atoms with Gasteiger partial charge in [0.05, 0.1) is 19.6 Å². The average molecular weight is 313 g/mol. The molecule has 0 heterocycles. The lowest BCUT2D eigenvalue weighted by Gasteiger charge is -2.39. The first-order chi connectivity index (χ1) is 11.3. The third-order valence-electron chi connectivity index (χ3n) is 5.10. The van der Waals surface area contributed by atoms with Gasteiger partial charge in [0, 0.05) is 5.39 Å². The van der Waals surface area contributed by atoms with Gasteiger partial charge in [0.1, 0.15) is 5.69 Å². The number of hydrogen-bond acceptors (Lipinski definition) is 0. The van der Waals surface area contributed by atoms with E-state index in [9.17, 15) is 0 Å². The van der Waals surface area contributed by atoms with Crippen LogP contribution in [0.3, 0.4) is 0 Å². The number of rotatable bonds is 10. The van der Waals surface area contributed by atoms with Gasteiger partial charge in [0.25, 0.3) is 0 Å². The van der Waals surface area contributed by atoms with Crippen molar-refractivity contribution in [2.75, 3.05) is 19.6 Å². The molecule has 0 bridgehead atoms. The molecule has 0 spiro atoms. The summed E-state index contributed by atoms with van der Waals surface area (Å²) >= 11 is 0. The Hall–Kier alpha value is -1.34. The molecule has 0 aliphatic rings. The van der Waals surface area contributed by atoms with Crippen LogP contribution in [0.1, 0.15) is 59.3 Å². The molecule has 0 saturated heterocycles. The van der Waals surface area contributed by atoms with Crippen LogP contribution < -0.4 is 4.48 Å². The van der Waals surface area contributed by atoms with Gasteiger partial charge in [-0.1, -0.05) is 70.4 Å². The quantitative estimate of drug-likeness (QED) is 0.436. The Morgan fingerprint density at radius 3 is 1.74 bits per heavy atom. The van der Waals surface area contributed by atoms with Gasteiger partial charge in [-0.25, -0.2) is 0 Å². The average Bonchev–Trinajstić information content (AvgIpc) is 2.61. The van der Waals surface area contributed by atoms with Crippen molar-refractivity contribution in [2.24, 2.45) is 0 Å². The molecule has 2 aromatic carbocycles. The molecule has 1 nitrogen and oxygen atoms in total. The van der Waals surface area contributed by atoms with Crippen LogP contribution in [0, 0.1) is 0 Å². The predicted octanol–water partition coefficient (Wildman–Crippen LogP) is 6.55. The first-order valence-electron chi connectivity index (χ1n) is 9.61. The monoisotopic (exact) mass is 312 g/mol. The summed E-state index contributed by atoms with van der Waals surface area (Å²) in [4.78, 5) is 0. The second-order valence-electron chi connectivity index (χ2n) is 6.87.